The molecular weight excluding hydrogens is 325 g/mol. The molecule has 132 valence electrons. The first-order valence-corrected chi connectivity index (χ1v) is 7.92. The van der Waals surface area contributed by atoms with E-state index in [0.29, 0.717) is 25.3 Å². The molecular formula is C18H20FN3O3. The lowest BCUT2D eigenvalue weighted by Crippen LogP contribution is -2.34. The Morgan fingerprint density at radius 2 is 2.24 bits per heavy atom. The van der Waals surface area contributed by atoms with E-state index in [1.807, 2.05) is 11.0 Å². The van der Waals surface area contributed by atoms with Crippen LogP contribution in [0, 0.1) is 5.82 Å². The Kier molecular flexibility index (Phi) is 5.35. The molecule has 0 fully saturated rings. The number of benzene rings is 1. The van der Waals surface area contributed by atoms with Crippen LogP contribution in [0.3, 0.4) is 0 Å². The molecule has 2 heterocycles. The lowest BCUT2D eigenvalue weighted by atomic mass is 10.2. The van der Waals surface area contributed by atoms with Gasteiger partial charge in [-0.25, -0.2) is 4.39 Å². The monoisotopic (exact) mass is 345 g/mol. The third-order valence-corrected chi connectivity index (χ3v) is 3.82. The predicted octanol–water partition coefficient (Wildman–Crippen LogP) is 2.69. The second kappa shape index (κ2) is 7.85. The molecule has 0 unspecified atom stereocenters. The van der Waals surface area contributed by atoms with Crippen molar-refractivity contribution >= 4 is 5.69 Å². The first-order valence-electron chi connectivity index (χ1n) is 7.92. The maximum absolute atomic E-state index is 14.1. The van der Waals surface area contributed by atoms with E-state index in [1.54, 1.807) is 47.6 Å². The standard InChI is InChI=1S/C18H20FN3O3/c1-24-18-6-5-14(10-17(18)19)21(13-16-4-2-9-25-16)11-15(23)12-22-8-3-7-20-22/h2-10,15,23H,11-13H2,1H3/t15-/m0/s1. The molecule has 0 saturated carbocycles. The summed E-state index contributed by atoms with van der Waals surface area (Å²) < 4.78 is 26.1. The number of anilines is 1. The second-order valence-electron chi connectivity index (χ2n) is 5.66. The minimum atomic E-state index is -0.681. The number of ether oxygens (including phenoxy) is 1. The number of aliphatic hydroxyl groups is 1. The van der Waals surface area contributed by atoms with E-state index in [-0.39, 0.29) is 5.75 Å². The second-order valence-corrected chi connectivity index (χ2v) is 5.66. The fourth-order valence-corrected chi connectivity index (χ4v) is 2.64. The molecule has 0 bridgehead atoms. The van der Waals surface area contributed by atoms with Gasteiger partial charge in [-0.05, 0) is 30.3 Å². The summed E-state index contributed by atoms with van der Waals surface area (Å²) in [4.78, 5) is 1.86. The highest BCUT2D eigenvalue weighted by molar-refractivity contribution is 5.50. The molecule has 1 aromatic carbocycles. The zero-order chi connectivity index (χ0) is 17.6. The summed E-state index contributed by atoms with van der Waals surface area (Å²) in [5.74, 6) is 0.451. The lowest BCUT2D eigenvalue weighted by Gasteiger charge is -2.27. The number of halogens is 1. The Hall–Kier alpha value is -2.80. The Morgan fingerprint density at radius 1 is 1.36 bits per heavy atom. The zero-order valence-corrected chi connectivity index (χ0v) is 13.9. The topological polar surface area (TPSA) is 63.7 Å². The number of furan rings is 1. The fraction of sp³-hybridized carbons (Fsp3) is 0.278. The number of aliphatic hydroxyl groups excluding tert-OH is 1. The van der Waals surface area contributed by atoms with Gasteiger partial charge in [0.2, 0.25) is 0 Å². The highest BCUT2D eigenvalue weighted by Gasteiger charge is 2.17. The summed E-state index contributed by atoms with van der Waals surface area (Å²) >= 11 is 0. The molecule has 2 aromatic heterocycles. The van der Waals surface area contributed by atoms with Crippen molar-refractivity contribution in [3.05, 3.63) is 66.6 Å². The van der Waals surface area contributed by atoms with Crippen molar-refractivity contribution < 1.29 is 18.7 Å². The lowest BCUT2D eigenvalue weighted by molar-refractivity contribution is 0.153. The third-order valence-electron chi connectivity index (χ3n) is 3.82. The van der Waals surface area contributed by atoms with E-state index >= 15 is 0 Å². The minimum absolute atomic E-state index is 0.179. The van der Waals surface area contributed by atoms with Gasteiger partial charge in [0.05, 0.1) is 32.6 Å². The Balaban J connectivity index is 1.78. The van der Waals surface area contributed by atoms with Gasteiger partial charge in [-0.1, -0.05) is 0 Å². The number of hydrogen-bond acceptors (Lipinski definition) is 5. The average molecular weight is 345 g/mol. The summed E-state index contributed by atoms with van der Waals surface area (Å²) in [6, 6.07) is 10.1. The van der Waals surface area contributed by atoms with E-state index in [9.17, 15) is 9.50 Å². The summed E-state index contributed by atoms with van der Waals surface area (Å²) in [5.41, 5.74) is 0.634. The molecule has 7 heteroatoms. The number of hydrogen-bond donors (Lipinski definition) is 1. The van der Waals surface area contributed by atoms with Crippen molar-refractivity contribution in [1.29, 1.82) is 0 Å². The van der Waals surface area contributed by atoms with E-state index in [1.165, 1.54) is 13.2 Å². The Labute approximate surface area is 145 Å². The van der Waals surface area contributed by atoms with Gasteiger partial charge < -0.3 is 19.2 Å². The van der Waals surface area contributed by atoms with E-state index in [2.05, 4.69) is 5.10 Å². The number of nitrogens with zero attached hydrogens (tertiary/aromatic N) is 3. The van der Waals surface area contributed by atoms with Gasteiger partial charge >= 0.3 is 0 Å². The highest BCUT2D eigenvalue weighted by Crippen LogP contribution is 2.25. The van der Waals surface area contributed by atoms with Crippen molar-refractivity contribution in [3.8, 4) is 5.75 Å². The first-order chi connectivity index (χ1) is 12.2. The Bertz CT molecular complexity index is 775. The first kappa shape index (κ1) is 17.0. The van der Waals surface area contributed by atoms with E-state index in [0.717, 1.165) is 5.76 Å². The molecule has 0 amide bonds. The summed E-state index contributed by atoms with van der Waals surface area (Å²) in [5, 5.41) is 14.5. The molecule has 1 atom stereocenters. The summed E-state index contributed by atoms with van der Waals surface area (Å²) in [7, 11) is 1.42. The van der Waals surface area contributed by atoms with Crippen LogP contribution >= 0.6 is 0 Å². The van der Waals surface area contributed by atoms with Crippen molar-refractivity contribution in [2.45, 2.75) is 19.2 Å². The summed E-state index contributed by atoms with van der Waals surface area (Å²) in [6.07, 6.45) is 4.35. The molecule has 0 aliphatic heterocycles. The maximum atomic E-state index is 14.1. The number of rotatable bonds is 8. The van der Waals surface area contributed by atoms with Crippen LogP contribution in [0.5, 0.6) is 5.75 Å². The van der Waals surface area contributed by atoms with Crippen molar-refractivity contribution in [3.63, 3.8) is 0 Å². The molecule has 0 aliphatic carbocycles. The molecule has 1 N–H and O–H groups in total. The van der Waals surface area contributed by atoms with Crippen LogP contribution in [0.2, 0.25) is 0 Å². The van der Waals surface area contributed by atoms with Gasteiger partial charge in [-0.2, -0.15) is 5.10 Å². The molecule has 3 rings (SSSR count). The number of aromatic nitrogens is 2. The molecule has 6 nitrogen and oxygen atoms in total. The molecule has 0 radical (unpaired) electrons. The average Bonchev–Trinajstić information content (AvgIpc) is 3.28. The molecule has 3 aromatic rings. The van der Waals surface area contributed by atoms with Gasteiger partial charge in [0, 0.05) is 30.7 Å². The predicted molar refractivity (Wildman–Crippen MR) is 90.9 cm³/mol. The highest BCUT2D eigenvalue weighted by atomic mass is 19.1. The maximum Gasteiger partial charge on any atom is 0.167 e. The van der Waals surface area contributed by atoms with Gasteiger partial charge in [-0.3, -0.25) is 4.68 Å². The smallest absolute Gasteiger partial charge is 0.167 e. The fourth-order valence-electron chi connectivity index (χ4n) is 2.64. The van der Waals surface area contributed by atoms with Crippen LogP contribution in [-0.2, 0) is 13.1 Å². The Morgan fingerprint density at radius 3 is 2.88 bits per heavy atom. The normalized spacial score (nSPS) is 12.1. The van der Waals surface area contributed by atoms with Crippen LogP contribution in [0.1, 0.15) is 5.76 Å². The minimum Gasteiger partial charge on any atom is -0.494 e. The molecule has 25 heavy (non-hydrogen) atoms. The van der Waals surface area contributed by atoms with Crippen molar-refractivity contribution in [2.24, 2.45) is 0 Å². The number of methoxy groups -OCH3 is 1. The molecule has 0 aliphatic rings. The van der Waals surface area contributed by atoms with E-state index < -0.39 is 11.9 Å². The van der Waals surface area contributed by atoms with Gasteiger partial charge in [0.15, 0.2) is 11.6 Å². The SMILES string of the molecule is COc1ccc(N(Cc2ccco2)C[C@H](O)Cn2cccn2)cc1F. The van der Waals surface area contributed by atoms with Crippen molar-refractivity contribution in [1.82, 2.24) is 9.78 Å². The van der Waals surface area contributed by atoms with Crippen LogP contribution in [-0.4, -0.2) is 34.6 Å². The van der Waals surface area contributed by atoms with Crippen LogP contribution in [0.25, 0.3) is 0 Å². The van der Waals surface area contributed by atoms with Crippen molar-refractivity contribution in [2.75, 3.05) is 18.6 Å². The van der Waals surface area contributed by atoms with Gasteiger partial charge in [-0.15, -0.1) is 0 Å². The van der Waals surface area contributed by atoms with E-state index in [4.69, 9.17) is 9.15 Å². The quantitative estimate of drug-likeness (QED) is 0.680. The van der Waals surface area contributed by atoms with Gasteiger partial charge in [0.25, 0.3) is 0 Å². The molecule has 0 spiro atoms. The van der Waals surface area contributed by atoms with Crippen LogP contribution in [0.4, 0.5) is 10.1 Å². The summed E-state index contributed by atoms with van der Waals surface area (Å²) in [6.45, 7) is 1.06. The van der Waals surface area contributed by atoms with Crippen LogP contribution < -0.4 is 9.64 Å². The molecule has 0 saturated heterocycles. The van der Waals surface area contributed by atoms with Crippen LogP contribution in [0.15, 0.2) is 59.5 Å². The third kappa shape index (κ3) is 4.39. The van der Waals surface area contributed by atoms with Gasteiger partial charge in [0.1, 0.15) is 5.76 Å². The largest absolute Gasteiger partial charge is 0.494 e. The zero-order valence-electron chi connectivity index (χ0n) is 13.9.